The highest BCUT2D eigenvalue weighted by atomic mass is 16.2. The number of carbonyl (C=O) groups excluding carboxylic acids is 1. The summed E-state index contributed by atoms with van der Waals surface area (Å²) in [6, 6.07) is 3.02. The van der Waals surface area contributed by atoms with Gasteiger partial charge in [-0.05, 0) is 44.9 Å². The molecule has 2 rings (SSSR count). The molecule has 1 aromatic heterocycles. The fourth-order valence-corrected chi connectivity index (χ4v) is 2.80. The van der Waals surface area contributed by atoms with Gasteiger partial charge in [0.1, 0.15) is 6.54 Å². The summed E-state index contributed by atoms with van der Waals surface area (Å²) in [7, 11) is 1.99. The minimum absolute atomic E-state index is 0.244. The van der Waals surface area contributed by atoms with E-state index in [1.54, 1.807) is 0 Å². The van der Waals surface area contributed by atoms with Crippen LogP contribution in [0.2, 0.25) is 0 Å². The quantitative estimate of drug-likeness (QED) is 0.793. The van der Waals surface area contributed by atoms with Gasteiger partial charge in [-0.2, -0.15) is 0 Å². The predicted molar refractivity (Wildman–Crippen MR) is 81.5 cm³/mol. The fourth-order valence-electron chi connectivity index (χ4n) is 2.80. The number of carbonyl (C=O) groups is 1. The molecule has 112 valence electrons. The average molecular weight is 277 g/mol. The van der Waals surface area contributed by atoms with Crippen molar-refractivity contribution in [3.05, 3.63) is 24.0 Å². The molecule has 0 aliphatic heterocycles. The van der Waals surface area contributed by atoms with Crippen molar-refractivity contribution in [3.8, 4) is 0 Å². The molecule has 0 aromatic carbocycles. The Morgan fingerprint density at radius 3 is 2.80 bits per heavy atom. The van der Waals surface area contributed by atoms with Crippen LogP contribution in [-0.4, -0.2) is 35.0 Å². The Hall–Kier alpha value is -1.29. The molecule has 1 saturated carbocycles. The third kappa shape index (κ3) is 3.63. The molecule has 1 aliphatic rings. The van der Waals surface area contributed by atoms with Gasteiger partial charge in [0.05, 0.1) is 0 Å². The van der Waals surface area contributed by atoms with Crippen LogP contribution in [0.15, 0.2) is 18.5 Å². The largest absolute Gasteiger partial charge is 0.345 e. The van der Waals surface area contributed by atoms with E-state index >= 15 is 0 Å². The first-order valence-corrected chi connectivity index (χ1v) is 7.82. The first kappa shape index (κ1) is 15.1. The lowest BCUT2D eigenvalue weighted by Gasteiger charge is -2.20. The van der Waals surface area contributed by atoms with Crippen LogP contribution >= 0.6 is 0 Å². The van der Waals surface area contributed by atoms with E-state index in [0.717, 1.165) is 19.4 Å². The van der Waals surface area contributed by atoms with Crippen molar-refractivity contribution >= 4 is 5.91 Å². The number of aromatic nitrogens is 1. The van der Waals surface area contributed by atoms with Crippen molar-refractivity contribution in [1.29, 1.82) is 0 Å². The second-order valence-corrected chi connectivity index (χ2v) is 5.66. The van der Waals surface area contributed by atoms with E-state index in [0.29, 0.717) is 18.6 Å². The fraction of sp³-hybridized carbons (Fsp3) is 0.688. The van der Waals surface area contributed by atoms with Crippen LogP contribution in [0.25, 0.3) is 0 Å². The number of rotatable bonds is 8. The van der Waals surface area contributed by atoms with E-state index in [-0.39, 0.29) is 5.91 Å². The molecular formula is C16H27N3O. The Labute approximate surface area is 122 Å². The van der Waals surface area contributed by atoms with Crippen molar-refractivity contribution < 1.29 is 4.79 Å². The molecule has 1 aromatic rings. The molecule has 1 heterocycles. The van der Waals surface area contributed by atoms with Crippen LogP contribution in [0.5, 0.6) is 0 Å². The van der Waals surface area contributed by atoms with E-state index in [1.165, 1.54) is 18.4 Å². The second-order valence-electron chi connectivity index (χ2n) is 5.66. The highest BCUT2D eigenvalue weighted by Gasteiger charge is 2.31. The lowest BCUT2D eigenvalue weighted by atomic mass is 10.1. The van der Waals surface area contributed by atoms with Crippen LogP contribution < -0.4 is 5.32 Å². The summed E-state index contributed by atoms with van der Waals surface area (Å²) in [6.07, 6.45) is 8.76. The zero-order valence-electron chi connectivity index (χ0n) is 12.9. The summed E-state index contributed by atoms with van der Waals surface area (Å²) in [5, 5.41) is 3.34. The molecule has 0 bridgehead atoms. The van der Waals surface area contributed by atoms with Crippen molar-refractivity contribution in [2.75, 3.05) is 13.6 Å². The van der Waals surface area contributed by atoms with Crippen molar-refractivity contribution in [2.24, 2.45) is 0 Å². The van der Waals surface area contributed by atoms with Gasteiger partial charge in [0.2, 0.25) is 5.91 Å². The predicted octanol–water partition coefficient (Wildman–Crippen LogP) is 2.56. The van der Waals surface area contributed by atoms with E-state index < -0.39 is 0 Å². The zero-order chi connectivity index (χ0) is 14.5. The van der Waals surface area contributed by atoms with E-state index in [4.69, 9.17) is 0 Å². The van der Waals surface area contributed by atoms with Gasteiger partial charge in [0.25, 0.3) is 0 Å². The van der Waals surface area contributed by atoms with Gasteiger partial charge in [-0.25, -0.2) is 0 Å². The number of amides is 1. The number of nitrogens with one attached hydrogen (secondary N) is 1. The smallest absolute Gasteiger partial charge is 0.242 e. The highest BCUT2D eigenvalue weighted by molar-refractivity contribution is 5.76. The lowest BCUT2D eigenvalue weighted by molar-refractivity contribution is -0.132. The molecule has 0 radical (unpaired) electrons. The number of likely N-dealkylation sites (N-methyl/N-ethyl adjacent to an activating group) is 1. The monoisotopic (exact) mass is 277 g/mol. The molecule has 1 N–H and O–H groups in total. The zero-order valence-corrected chi connectivity index (χ0v) is 12.9. The first-order valence-electron chi connectivity index (χ1n) is 7.82. The Morgan fingerprint density at radius 2 is 2.25 bits per heavy atom. The third-order valence-electron chi connectivity index (χ3n) is 4.07. The standard InChI is InChI=1S/C16H27N3O/c1-4-6-15(17-3)13-9-10-18(11-13)12-16(20)19(5-2)14-7-8-14/h9-11,14-15,17H,4-8,12H2,1-3H3. The summed E-state index contributed by atoms with van der Waals surface area (Å²) >= 11 is 0. The topological polar surface area (TPSA) is 37.3 Å². The molecule has 4 nitrogen and oxygen atoms in total. The van der Waals surface area contributed by atoms with Gasteiger partial charge in [-0.1, -0.05) is 13.3 Å². The molecule has 0 spiro atoms. The van der Waals surface area contributed by atoms with Crippen molar-refractivity contribution in [1.82, 2.24) is 14.8 Å². The Balaban J connectivity index is 1.96. The number of nitrogens with zero attached hydrogens (tertiary/aromatic N) is 2. The van der Waals surface area contributed by atoms with E-state index in [2.05, 4.69) is 31.4 Å². The molecule has 1 atom stereocenters. The molecule has 20 heavy (non-hydrogen) atoms. The normalized spacial score (nSPS) is 16.1. The first-order chi connectivity index (χ1) is 9.69. The van der Waals surface area contributed by atoms with E-state index in [9.17, 15) is 4.79 Å². The maximum atomic E-state index is 12.3. The molecule has 1 aliphatic carbocycles. The molecule has 4 heteroatoms. The van der Waals surface area contributed by atoms with Gasteiger partial charge in [0, 0.05) is 31.0 Å². The van der Waals surface area contributed by atoms with Gasteiger partial charge >= 0.3 is 0 Å². The van der Waals surface area contributed by atoms with Gasteiger partial charge in [0.15, 0.2) is 0 Å². The van der Waals surface area contributed by atoms with E-state index in [1.807, 2.05) is 22.7 Å². The molecule has 1 amide bonds. The summed E-state index contributed by atoms with van der Waals surface area (Å²) in [6.45, 7) is 5.55. The van der Waals surface area contributed by atoms with Crippen LogP contribution in [0.4, 0.5) is 0 Å². The lowest BCUT2D eigenvalue weighted by Crippen LogP contribution is -2.35. The molecule has 1 unspecified atom stereocenters. The second kappa shape index (κ2) is 6.93. The van der Waals surface area contributed by atoms with Crippen molar-refractivity contribution in [3.63, 3.8) is 0 Å². The van der Waals surface area contributed by atoms with Crippen LogP contribution in [0.3, 0.4) is 0 Å². The minimum Gasteiger partial charge on any atom is -0.345 e. The Kier molecular flexibility index (Phi) is 5.24. The minimum atomic E-state index is 0.244. The summed E-state index contributed by atoms with van der Waals surface area (Å²) in [5.74, 6) is 0.244. The third-order valence-corrected chi connectivity index (χ3v) is 4.07. The summed E-state index contributed by atoms with van der Waals surface area (Å²) in [5.41, 5.74) is 1.27. The number of hydrogen-bond acceptors (Lipinski definition) is 2. The SMILES string of the molecule is CCCC(NC)c1ccn(CC(=O)N(CC)C2CC2)c1. The molecular weight excluding hydrogens is 250 g/mol. The number of hydrogen-bond donors (Lipinski definition) is 1. The average Bonchev–Trinajstić information content (AvgIpc) is 3.16. The highest BCUT2D eigenvalue weighted by Crippen LogP contribution is 2.27. The van der Waals surface area contributed by atoms with Crippen LogP contribution in [-0.2, 0) is 11.3 Å². The molecule has 0 saturated heterocycles. The van der Waals surface area contributed by atoms with Gasteiger partial charge in [-0.15, -0.1) is 0 Å². The Bertz CT molecular complexity index is 437. The van der Waals surface area contributed by atoms with Gasteiger partial charge < -0.3 is 14.8 Å². The summed E-state index contributed by atoms with van der Waals surface area (Å²) in [4.78, 5) is 14.3. The summed E-state index contributed by atoms with van der Waals surface area (Å²) < 4.78 is 2.02. The van der Waals surface area contributed by atoms with Crippen LogP contribution in [0.1, 0.15) is 51.1 Å². The maximum Gasteiger partial charge on any atom is 0.242 e. The maximum absolute atomic E-state index is 12.3. The van der Waals surface area contributed by atoms with Crippen LogP contribution in [0, 0.1) is 0 Å². The molecule has 1 fully saturated rings. The Morgan fingerprint density at radius 1 is 1.50 bits per heavy atom. The van der Waals surface area contributed by atoms with Crippen molar-refractivity contribution in [2.45, 2.75) is 58.2 Å². The van der Waals surface area contributed by atoms with Gasteiger partial charge in [-0.3, -0.25) is 4.79 Å².